The van der Waals surface area contributed by atoms with E-state index in [1.807, 2.05) is 0 Å². The van der Waals surface area contributed by atoms with Crippen LogP contribution in [0.15, 0.2) is 11.8 Å². The third-order valence-electron chi connectivity index (χ3n) is 2.48. The van der Waals surface area contributed by atoms with Gasteiger partial charge in [-0.25, -0.2) is 4.79 Å². The number of amides is 1. The molecule has 1 amide bonds. The van der Waals surface area contributed by atoms with Crippen LogP contribution >= 0.6 is 0 Å². The van der Waals surface area contributed by atoms with E-state index in [1.54, 1.807) is 0 Å². The third-order valence-corrected chi connectivity index (χ3v) is 2.48. The van der Waals surface area contributed by atoms with Gasteiger partial charge in [0.05, 0.1) is 24.9 Å². The summed E-state index contributed by atoms with van der Waals surface area (Å²) in [7, 11) is 0. The fraction of sp³-hybridized carbons (Fsp3) is 0.636. The van der Waals surface area contributed by atoms with Gasteiger partial charge in [-0.05, 0) is 12.5 Å². The largest absolute Gasteiger partial charge is 0.502 e. The van der Waals surface area contributed by atoms with Crippen molar-refractivity contribution in [1.82, 2.24) is 5.32 Å². The molecule has 0 rings (SSSR count). The van der Waals surface area contributed by atoms with Gasteiger partial charge in [0.25, 0.3) is 0 Å². The summed E-state index contributed by atoms with van der Waals surface area (Å²) in [6, 6.07) is -1.15. The molecule has 9 nitrogen and oxygen atoms in total. The van der Waals surface area contributed by atoms with Gasteiger partial charge >= 0.3 is 5.97 Å². The van der Waals surface area contributed by atoms with Gasteiger partial charge in [0.2, 0.25) is 5.91 Å². The van der Waals surface area contributed by atoms with Crippen molar-refractivity contribution in [3.63, 3.8) is 0 Å². The second kappa shape index (κ2) is 8.48. The molecule has 0 fully saturated rings. The zero-order valence-corrected chi connectivity index (χ0v) is 10.8. The van der Waals surface area contributed by atoms with Crippen LogP contribution < -0.4 is 5.32 Å². The smallest absolute Gasteiger partial charge is 0.370 e. The molecule has 4 atom stereocenters. The molecule has 0 aromatic rings. The van der Waals surface area contributed by atoms with E-state index in [4.69, 9.17) is 15.3 Å². The van der Waals surface area contributed by atoms with Crippen molar-refractivity contribution < 1.29 is 40.2 Å². The lowest BCUT2D eigenvalue weighted by Crippen LogP contribution is -2.46. The number of carbonyl (C=O) groups excluding carboxylic acids is 1. The standard InChI is InChI=1S/C11H19NO8/c1-5(14)12-6(2-8(16)10(18)4-13)7(15)3-9(17)11(19)20/h3,6-8,10,13,15-18H,2,4H2,1H3,(H,12,14)(H,19,20)/b9-3-/t6?,7?,8-,10+/m0/s1. The number of carbonyl (C=O) groups is 2. The summed E-state index contributed by atoms with van der Waals surface area (Å²) in [5.74, 6) is -3.35. The summed E-state index contributed by atoms with van der Waals surface area (Å²) in [6.07, 6.45) is -4.30. The maximum absolute atomic E-state index is 11.0. The number of hydrogen-bond donors (Lipinski definition) is 7. The number of aliphatic hydroxyl groups is 5. The number of aliphatic carboxylic acids is 1. The topological polar surface area (TPSA) is 168 Å². The molecule has 0 aromatic carbocycles. The summed E-state index contributed by atoms with van der Waals surface area (Å²) < 4.78 is 0. The van der Waals surface area contributed by atoms with Gasteiger partial charge in [-0.3, -0.25) is 4.79 Å². The lowest BCUT2D eigenvalue weighted by atomic mass is 9.99. The first-order valence-corrected chi connectivity index (χ1v) is 5.75. The average Bonchev–Trinajstić information content (AvgIpc) is 2.35. The highest BCUT2D eigenvalue weighted by Crippen LogP contribution is 2.09. The molecule has 0 heterocycles. The van der Waals surface area contributed by atoms with E-state index >= 15 is 0 Å². The fourth-order valence-electron chi connectivity index (χ4n) is 1.43. The van der Waals surface area contributed by atoms with Crippen LogP contribution in [-0.2, 0) is 9.59 Å². The van der Waals surface area contributed by atoms with Crippen LogP contribution in [0.5, 0.6) is 0 Å². The van der Waals surface area contributed by atoms with E-state index in [-0.39, 0.29) is 6.42 Å². The molecule has 0 bridgehead atoms. The second-order valence-electron chi connectivity index (χ2n) is 4.21. The summed E-state index contributed by atoms with van der Waals surface area (Å²) in [4.78, 5) is 21.4. The molecule has 0 aliphatic rings. The van der Waals surface area contributed by atoms with E-state index in [0.717, 1.165) is 6.92 Å². The van der Waals surface area contributed by atoms with Crippen LogP contribution in [0, 0.1) is 0 Å². The first-order valence-electron chi connectivity index (χ1n) is 5.75. The van der Waals surface area contributed by atoms with Crippen LogP contribution in [0.2, 0.25) is 0 Å². The quantitative estimate of drug-likeness (QED) is 0.190. The Morgan fingerprint density at radius 3 is 2.10 bits per heavy atom. The van der Waals surface area contributed by atoms with Crippen LogP contribution in [0.25, 0.3) is 0 Å². The molecule has 0 radical (unpaired) electrons. The van der Waals surface area contributed by atoms with Crippen molar-refractivity contribution in [2.45, 2.75) is 37.7 Å². The van der Waals surface area contributed by atoms with Gasteiger partial charge in [0.1, 0.15) is 6.10 Å². The van der Waals surface area contributed by atoms with E-state index in [9.17, 15) is 24.9 Å². The van der Waals surface area contributed by atoms with Gasteiger partial charge in [0, 0.05) is 6.92 Å². The Kier molecular flexibility index (Phi) is 7.77. The minimum atomic E-state index is -1.67. The van der Waals surface area contributed by atoms with Gasteiger partial charge in [-0.1, -0.05) is 0 Å². The minimum Gasteiger partial charge on any atom is -0.502 e. The molecule has 0 spiro atoms. The summed E-state index contributed by atoms with van der Waals surface area (Å²) >= 11 is 0. The lowest BCUT2D eigenvalue weighted by Gasteiger charge is -2.25. The predicted octanol–water partition coefficient (Wildman–Crippen LogP) is -2.52. The van der Waals surface area contributed by atoms with Crippen molar-refractivity contribution in [2.24, 2.45) is 0 Å². The van der Waals surface area contributed by atoms with Gasteiger partial charge in [0.15, 0.2) is 5.76 Å². The van der Waals surface area contributed by atoms with Crippen LogP contribution in [0.3, 0.4) is 0 Å². The van der Waals surface area contributed by atoms with Gasteiger partial charge in [-0.2, -0.15) is 0 Å². The molecule has 0 aliphatic carbocycles. The molecule has 2 unspecified atom stereocenters. The highest BCUT2D eigenvalue weighted by molar-refractivity contribution is 5.83. The fourth-order valence-corrected chi connectivity index (χ4v) is 1.43. The van der Waals surface area contributed by atoms with Crippen LogP contribution in [0.1, 0.15) is 13.3 Å². The van der Waals surface area contributed by atoms with E-state index in [1.165, 1.54) is 0 Å². The molecule has 20 heavy (non-hydrogen) atoms. The minimum absolute atomic E-state index is 0.355. The van der Waals surface area contributed by atoms with Crippen LogP contribution in [-0.4, -0.2) is 73.5 Å². The Morgan fingerprint density at radius 1 is 1.15 bits per heavy atom. The van der Waals surface area contributed by atoms with Gasteiger partial charge in [-0.15, -0.1) is 0 Å². The average molecular weight is 293 g/mol. The normalized spacial score (nSPS) is 17.9. The predicted molar refractivity (Wildman–Crippen MR) is 65.7 cm³/mol. The Hall–Kier alpha value is -1.68. The molecular weight excluding hydrogens is 274 g/mol. The van der Waals surface area contributed by atoms with Crippen molar-refractivity contribution in [2.75, 3.05) is 6.61 Å². The summed E-state index contributed by atoms with van der Waals surface area (Å²) in [6.45, 7) is 0.412. The zero-order chi connectivity index (χ0) is 15.9. The number of rotatable bonds is 8. The maximum atomic E-state index is 11.0. The first-order chi connectivity index (χ1) is 9.18. The maximum Gasteiger partial charge on any atom is 0.370 e. The van der Waals surface area contributed by atoms with Crippen molar-refractivity contribution in [1.29, 1.82) is 0 Å². The van der Waals surface area contributed by atoms with Crippen LogP contribution in [0.4, 0.5) is 0 Å². The van der Waals surface area contributed by atoms with Crippen molar-refractivity contribution in [3.05, 3.63) is 11.8 Å². The highest BCUT2D eigenvalue weighted by atomic mass is 16.4. The lowest BCUT2D eigenvalue weighted by molar-refractivity contribution is -0.135. The van der Waals surface area contributed by atoms with E-state index in [2.05, 4.69) is 5.32 Å². The Labute approximate surface area is 114 Å². The second-order valence-corrected chi connectivity index (χ2v) is 4.21. The third kappa shape index (κ3) is 6.48. The Bertz CT molecular complexity index is 369. The monoisotopic (exact) mass is 293 g/mol. The summed E-state index contributed by atoms with van der Waals surface area (Å²) in [5.41, 5.74) is 0. The molecule has 116 valence electrons. The Balaban J connectivity index is 4.91. The van der Waals surface area contributed by atoms with Crippen molar-refractivity contribution in [3.8, 4) is 0 Å². The number of nitrogens with one attached hydrogen (secondary N) is 1. The van der Waals surface area contributed by atoms with E-state index in [0.29, 0.717) is 6.08 Å². The highest BCUT2D eigenvalue weighted by Gasteiger charge is 2.26. The molecule has 0 saturated carbocycles. The van der Waals surface area contributed by atoms with Gasteiger partial charge < -0.3 is 36.0 Å². The summed E-state index contributed by atoms with van der Waals surface area (Å²) in [5, 5.41) is 56.8. The molecule has 9 heteroatoms. The number of carboxylic acid groups (broad SMARTS) is 1. The molecule has 0 aromatic heterocycles. The number of hydrogen-bond acceptors (Lipinski definition) is 7. The van der Waals surface area contributed by atoms with E-state index < -0.39 is 48.6 Å². The zero-order valence-electron chi connectivity index (χ0n) is 10.8. The van der Waals surface area contributed by atoms with Crippen molar-refractivity contribution >= 4 is 11.9 Å². The molecular formula is C11H19NO8. The molecule has 7 N–H and O–H groups in total. The SMILES string of the molecule is CC(=O)NC(C[C@H](O)[C@H](O)CO)C(O)/C=C(\O)C(=O)O. The molecule has 0 aliphatic heterocycles. The molecule has 0 saturated heterocycles. The first kappa shape index (κ1) is 18.3. The Morgan fingerprint density at radius 2 is 1.70 bits per heavy atom. The number of carboxylic acids is 1. The number of aliphatic hydroxyl groups excluding tert-OH is 5.